The molecule has 3 rings (SSSR count). The summed E-state index contributed by atoms with van der Waals surface area (Å²) in [6, 6.07) is -0.636. The van der Waals surface area contributed by atoms with Crippen molar-refractivity contribution in [3.05, 3.63) is 25.3 Å². The van der Waals surface area contributed by atoms with E-state index < -0.39 is 28.2 Å². The fraction of sp³-hybridized carbons (Fsp3) is 0.708. The van der Waals surface area contributed by atoms with E-state index in [1.165, 1.54) is 0 Å². The number of amides is 3. The van der Waals surface area contributed by atoms with Gasteiger partial charge in [0.2, 0.25) is 17.7 Å². The fourth-order valence-electron chi connectivity index (χ4n) is 5.70. The van der Waals surface area contributed by atoms with Gasteiger partial charge in [0.05, 0.1) is 16.6 Å². The fourth-order valence-corrected chi connectivity index (χ4v) is 7.91. The number of hydrogen-bond donors (Lipinski definition) is 1. The highest BCUT2D eigenvalue weighted by Crippen LogP contribution is 2.66. The number of nitrogens with zero attached hydrogens (tertiary/aromatic N) is 3. The molecule has 2 bridgehead atoms. The van der Waals surface area contributed by atoms with Crippen LogP contribution in [-0.4, -0.2) is 92.4 Å². The molecule has 0 radical (unpaired) electrons. The van der Waals surface area contributed by atoms with Crippen molar-refractivity contribution < 1.29 is 19.5 Å². The quantitative estimate of drug-likeness (QED) is 0.529. The monoisotopic (exact) mass is 463 g/mol. The third-order valence-corrected chi connectivity index (χ3v) is 8.99. The van der Waals surface area contributed by atoms with E-state index >= 15 is 0 Å². The van der Waals surface area contributed by atoms with Gasteiger partial charge in [-0.3, -0.25) is 14.4 Å². The summed E-state index contributed by atoms with van der Waals surface area (Å²) in [7, 11) is 1.74. The molecular formula is C24H37N3O4S. The third kappa shape index (κ3) is 3.89. The first kappa shape index (κ1) is 24.8. The maximum absolute atomic E-state index is 14.0. The number of thioether (sulfide) groups is 1. The molecular weight excluding hydrogens is 426 g/mol. The highest BCUT2D eigenvalue weighted by molar-refractivity contribution is 8.02. The van der Waals surface area contributed by atoms with Crippen LogP contribution in [0.15, 0.2) is 25.3 Å². The van der Waals surface area contributed by atoms with Crippen molar-refractivity contribution in [1.29, 1.82) is 0 Å². The molecule has 0 aromatic rings. The van der Waals surface area contributed by atoms with Gasteiger partial charge in [-0.2, -0.15) is 0 Å². The molecule has 3 heterocycles. The Morgan fingerprint density at radius 2 is 1.91 bits per heavy atom. The molecule has 178 valence electrons. The van der Waals surface area contributed by atoms with Gasteiger partial charge in [-0.15, -0.1) is 24.9 Å². The number of likely N-dealkylation sites (N-methyl/N-ethyl adjacent to an activating group) is 1. The van der Waals surface area contributed by atoms with Crippen LogP contribution in [0.3, 0.4) is 0 Å². The summed E-state index contributed by atoms with van der Waals surface area (Å²) in [5, 5.41) is 9.49. The minimum atomic E-state index is -0.636. The summed E-state index contributed by atoms with van der Waals surface area (Å²) in [5.41, 5.74) is -0.438. The number of aliphatic hydroxyl groups is 1. The van der Waals surface area contributed by atoms with Crippen molar-refractivity contribution in [2.45, 2.75) is 61.6 Å². The molecule has 3 fully saturated rings. The molecule has 1 N–H and O–H groups in total. The van der Waals surface area contributed by atoms with Gasteiger partial charge in [0.1, 0.15) is 6.04 Å². The lowest BCUT2D eigenvalue weighted by atomic mass is 9.70. The molecule has 5 atom stereocenters. The number of carbonyl (C=O) groups excluding carboxylic acids is 3. The molecule has 3 saturated heterocycles. The van der Waals surface area contributed by atoms with Crippen molar-refractivity contribution in [3.8, 4) is 0 Å². The van der Waals surface area contributed by atoms with Gasteiger partial charge in [0.15, 0.2) is 0 Å². The molecule has 2 unspecified atom stereocenters. The summed E-state index contributed by atoms with van der Waals surface area (Å²) in [4.78, 5) is 46.2. The van der Waals surface area contributed by atoms with Gasteiger partial charge in [-0.25, -0.2) is 0 Å². The van der Waals surface area contributed by atoms with Crippen LogP contribution in [0, 0.1) is 11.8 Å². The maximum Gasteiger partial charge on any atom is 0.247 e. The van der Waals surface area contributed by atoms with E-state index in [2.05, 4.69) is 13.2 Å². The molecule has 0 aliphatic carbocycles. The number of fused-ring (bicyclic) bond motifs is 1. The molecule has 0 aromatic heterocycles. The molecule has 0 aromatic carbocycles. The Morgan fingerprint density at radius 1 is 1.25 bits per heavy atom. The molecule has 8 heteroatoms. The molecule has 7 nitrogen and oxygen atoms in total. The molecule has 3 aliphatic rings. The predicted molar refractivity (Wildman–Crippen MR) is 127 cm³/mol. The van der Waals surface area contributed by atoms with Crippen molar-refractivity contribution in [2.24, 2.45) is 11.8 Å². The van der Waals surface area contributed by atoms with E-state index in [0.717, 1.165) is 12.8 Å². The minimum Gasteiger partial charge on any atom is -0.396 e. The Labute approximate surface area is 195 Å². The number of carbonyl (C=O) groups is 3. The lowest BCUT2D eigenvalue weighted by molar-refractivity contribution is -0.146. The SMILES string of the molecule is C=CCN(C)C(=O)[C@@H]1[C@@H]2CCC3(S2)C(C(=O)N(CC=C)C(C)(C)C)N(CCCO)C(=O)[C@H]13. The minimum absolute atomic E-state index is 0.0431. The maximum atomic E-state index is 14.0. The lowest BCUT2D eigenvalue weighted by Crippen LogP contribution is -2.58. The van der Waals surface area contributed by atoms with Crippen LogP contribution in [-0.2, 0) is 14.4 Å². The second kappa shape index (κ2) is 9.21. The second-order valence-corrected chi connectivity index (χ2v) is 11.7. The molecule has 32 heavy (non-hydrogen) atoms. The predicted octanol–water partition coefficient (Wildman–Crippen LogP) is 1.92. The average Bonchev–Trinajstić information content (AvgIpc) is 3.36. The lowest BCUT2D eigenvalue weighted by Gasteiger charge is -2.42. The van der Waals surface area contributed by atoms with Gasteiger partial charge in [-0.05, 0) is 40.0 Å². The summed E-state index contributed by atoms with van der Waals surface area (Å²) in [6.07, 6.45) is 5.36. The van der Waals surface area contributed by atoms with Crippen LogP contribution in [0.5, 0.6) is 0 Å². The second-order valence-electron chi connectivity index (χ2n) is 10.1. The average molecular weight is 464 g/mol. The number of rotatable bonds is 9. The third-order valence-electron chi connectivity index (χ3n) is 7.04. The van der Waals surface area contributed by atoms with Crippen LogP contribution < -0.4 is 0 Å². The van der Waals surface area contributed by atoms with Crippen LogP contribution in [0.1, 0.15) is 40.0 Å². The zero-order valence-corrected chi connectivity index (χ0v) is 20.6. The number of likely N-dealkylation sites (tertiary alicyclic amines) is 1. The highest BCUT2D eigenvalue weighted by Gasteiger charge is 2.74. The van der Waals surface area contributed by atoms with Crippen LogP contribution >= 0.6 is 11.8 Å². The zero-order chi connectivity index (χ0) is 23.8. The van der Waals surface area contributed by atoms with Gasteiger partial charge < -0.3 is 19.8 Å². The summed E-state index contributed by atoms with van der Waals surface area (Å²) in [5.74, 6) is -1.19. The van der Waals surface area contributed by atoms with Gasteiger partial charge in [0.25, 0.3) is 0 Å². The van der Waals surface area contributed by atoms with Crippen LogP contribution in [0.2, 0.25) is 0 Å². The van der Waals surface area contributed by atoms with Crippen LogP contribution in [0.4, 0.5) is 0 Å². The van der Waals surface area contributed by atoms with Crippen molar-refractivity contribution in [2.75, 3.05) is 33.3 Å². The Bertz CT molecular complexity index is 795. The van der Waals surface area contributed by atoms with E-state index in [1.54, 1.807) is 45.7 Å². The topological polar surface area (TPSA) is 81.2 Å². The van der Waals surface area contributed by atoms with Crippen molar-refractivity contribution in [1.82, 2.24) is 14.7 Å². The Morgan fingerprint density at radius 3 is 2.47 bits per heavy atom. The molecule has 1 spiro atoms. The van der Waals surface area contributed by atoms with Gasteiger partial charge in [0, 0.05) is 44.1 Å². The number of hydrogen-bond acceptors (Lipinski definition) is 5. The highest BCUT2D eigenvalue weighted by atomic mass is 32.2. The van der Waals surface area contributed by atoms with Crippen LogP contribution in [0.25, 0.3) is 0 Å². The molecule has 3 amide bonds. The Kier molecular flexibility index (Phi) is 7.15. The van der Waals surface area contributed by atoms with E-state index in [1.807, 2.05) is 20.8 Å². The van der Waals surface area contributed by atoms with E-state index in [0.29, 0.717) is 26.1 Å². The van der Waals surface area contributed by atoms with E-state index in [4.69, 9.17) is 0 Å². The Balaban J connectivity index is 2.04. The molecule has 3 aliphatic heterocycles. The summed E-state index contributed by atoms with van der Waals surface area (Å²) in [6.45, 7) is 14.6. The number of aliphatic hydroxyl groups excluding tert-OH is 1. The summed E-state index contributed by atoms with van der Waals surface area (Å²) < 4.78 is -0.603. The zero-order valence-electron chi connectivity index (χ0n) is 19.7. The first-order valence-electron chi connectivity index (χ1n) is 11.4. The largest absolute Gasteiger partial charge is 0.396 e. The van der Waals surface area contributed by atoms with Gasteiger partial charge in [-0.1, -0.05) is 12.2 Å². The smallest absolute Gasteiger partial charge is 0.247 e. The van der Waals surface area contributed by atoms with Crippen molar-refractivity contribution >= 4 is 29.5 Å². The standard InChI is InChI=1S/C24H37N3O4S/c1-7-12-25(6)20(29)17-16-10-11-24(32-16)18(17)21(30)26(14-9-15-28)19(24)22(31)27(13-8-2)23(3,4)5/h7-8,16-19,28H,1-2,9-15H2,3-6H3/t16-,17+,18-,19?,24?/m0/s1. The molecule has 0 saturated carbocycles. The first-order chi connectivity index (χ1) is 15.0. The van der Waals surface area contributed by atoms with E-state index in [9.17, 15) is 19.5 Å². The van der Waals surface area contributed by atoms with Crippen molar-refractivity contribution in [3.63, 3.8) is 0 Å². The first-order valence-corrected chi connectivity index (χ1v) is 12.3. The normalized spacial score (nSPS) is 30.9. The Hall–Kier alpha value is -1.80. The van der Waals surface area contributed by atoms with Gasteiger partial charge >= 0.3 is 0 Å². The van der Waals surface area contributed by atoms with E-state index in [-0.39, 0.29) is 29.6 Å². The summed E-state index contributed by atoms with van der Waals surface area (Å²) >= 11 is 1.67.